The van der Waals surface area contributed by atoms with E-state index >= 15 is 0 Å². The van der Waals surface area contributed by atoms with Gasteiger partial charge in [0.25, 0.3) is 5.91 Å². The van der Waals surface area contributed by atoms with E-state index in [2.05, 4.69) is 10.4 Å². The largest absolute Gasteiger partial charge is 0.435 e. The van der Waals surface area contributed by atoms with Gasteiger partial charge in [0.1, 0.15) is 5.69 Å². The number of aryl methyl sites for hydroxylation is 1. The first-order valence-corrected chi connectivity index (χ1v) is 6.60. The van der Waals surface area contributed by atoms with E-state index in [1.54, 1.807) is 13.8 Å². The molecular formula is C15H16F3N3O. The number of amides is 1. The molecule has 0 saturated heterocycles. The lowest BCUT2D eigenvalue weighted by Gasteiger charge is -2.26. The monoisotopic (exact) mass is 311 g/mol. The topological polar surface area (TPSA) is 46.9 Å². The highest BCUT2D eigenvalue weighted by Gasteiger charge is 2.36. The van der Waals surface area contributed by atoms with Gasteiger partial charge in [-0.15, -0.1) is 0 Å². The van der Waals surface area contributed by atoms with E-state index in [-0.39, 0.29) is 5.69 Å². The molecular weight excluding hydrogens is 295 g/mol. The lowest BCUT2D eigenvalue weighted by atomic mass is 9.94. The number of hydrogen-bond donors (Lipinski definition) is 1. The van der Waals surface area contributed by atoms with Gasteiger partial charge in [0.15, 0.2) is 5.69 Å². The Morgan fingerprint density at radius 3 is 2.27 bits per heavy atom. The van der Waals surface area contributed by atoms with E-state index in [0.717, 1.165) is 16.3 Å². The van der Waals surface area contributed by atoms with Crippen LogP contribution in [0.4, 0.5) is 13.2 Å². The van der Waals surface area contributed by atoms with Gasteiger partial charge in [0.2, 0.25) is 0 Å². The summed E-state index contributed by atoms with van der Waals surface area (Å²) in [6, 6.07) is 9.92. The molecule has 0 spiro atoms. The zero-order valence-corrected chi connectivity index (χ0v) is 12.4. The van der Waals surface area contributed by atoms with E-state index in [1.807, 2.05) is 30.3 Å². The highest BCUT2D eigenvalue weighted by Crippen LogP contribution is 2.28. The van der Waals surface area contributed by atoms with E-state index in [1.165, 1.54) is 7.05 Å². The molecule has 22 heavy (non-hydrogen) atoms. The van der Waals surface area contributed by atoms with E-state index in [0.29, 0.717) is 0 Å². The predicted molar refractivity (Wildman–Crippen MR) is 75.1 cm³/mol. The van der Waals surface area contributed by atoms with Crippen molar-refractivity contribution >= 4 is 5.91 Å². The van der Waals surface area contributed by atoms with Crippen LogP contribution < -0.4 is 5.32 Å². The Labute approximate surface area is 125 Å². The Morgan fingerprint density at radius 1 is 1.18 bits per heavy atom. The van der Waals surface area contributed by atoms with Crippen LogP contribution in [-0.2, 0) is 18.8 Å². The van der Waals surface area contributed by atoms with Crippen molar-refractivity contribution in [2.24, 2.45) is 7.05 Å². The lowest BCUT2D eigenvalue weighted by molar-refractivity contribution is -0.141. The number of nitrogens with zero attached hydrogens (tertiary/aromatic N) is 2. The maximum Gasteiger partial charge on any atom is 0.435 e. The van der Waals surface area contributed by atoms with Crippen molar-refractivity contribution in [2.45, 2.75) is 25.6 Å². The van der Waals surface area contributed by atoms with Crippen LogP contribution >= 0.6 is 0 Å². The standard InChI is InChI=1S/C15H16F3N3O/c1-14(2,10-7-5-4-6-8-10)19-13(22)11-9-12(15(16,17)18)20-21(11)3/h4-9H,1-3H3,(H,19,22). The Morgan fingerprint density at radius 2 is 1.77 bits per heavy atom. The average Bonchev–Trinajstić information content (AvgIpc) is 2.81. The van der Waals surface area contributed by atoms with Gasteiger partial charge in [-0.3, -0.25) is 9.48 Å². The molecule has 1 amide bonds. The molecule has 0 bridgehead atoms. The minimum Gasteiger partial charge on any atom is -0.342 e. The van der Waals surface area contributed by atoms with Crippen molar-refractivity contribution in [3.8, 4) is 0 Å². The highest BCUT2D eigenvalue weighted by atomic mass is 19.4. The summed E-state index contributed by atoms with van der Waals surface area (Å²) in [5.41, 5.74) is -1.10. The molecule has 0 aliphatic carbocycles. The molecule has 2 rings (SSSR count). The summed E-state index contributed by atoms with van der Waals surface area (Å²) in [6.45, 7) is 3.56. The third-order valence-corrected chi connectivity index (χ3v) is 3.32. The number of nitrogens with one attached hydrogen (secondary N) is 1. The van der Waals surface area contributed by atoms with Gasteiger partial charge in [-0.2, -0.15) is 18.3 Å². The number of carbonyl (C=O) groups is 1. The molecule has 0 atom stereocenters. The van der Waals surface area contributed by atoms with Crippen LogP contribution in [0.25, 0.3) is 0 Å². The molecule has 0 aliphatic rings. The van der Waals surface area contributed by atoms with Crippen molar-refractivity contribution < 1.29 is 18.0 Å². The van der Waals surface area contributed by atoms with Gasteiger partial charge in [-0.05, 0) is 19.4 Å². The number of alkyl halides is 3. The molecule has 7 heteroatoms. The van der Waals surface area contributed by atoms with Crippen molar-refractivity contribution in [1.82, 2.24) is 15.1 Å². The molecule has 0 fully saturated rings. The smallest absolute Gasteiger partial charge is 0.342 e. The van der Waals surface area contributed by atoms with Crippen LogP contribution in [0.3, 0.4) is 0 Å². The zero-order chi connectivity index (χ0) is 16.5. The Hall–Kier alpha value is -2.31. The van der Waals surface area contributed by atoms with E-state index < -0.39 is 23.3 Å². The molecule has 2 aromatic rings. The number of hydrogen-bond acceptors (Lipinski definition) is 2. The lowest BCUT2D eigenvalue weighted by Crippen LogP contribution is -2.41. The summed E-state index contributed by atoms with van der Waals surface area (Å²) in [5, 5.41) is 6.06. The first kappa shape index (κ1) is 16.1. The molecule has 118 valence electrons. The SMILES string of the molecule is Cn1nc(C(F)(F)F)cc1C(=O)NC(C)(C)c1ccccc1. The van der Waals surface area contributed by atoms with Gasteiger partial charge in [-0.25, -0.2) is 0 Å². The number of rotatable bonds is 3. The summed E-state index contributed by atoms with van der Waals surface area (Å²) in [7, 11) is 1.31. The van der Waals surface area contributed by atoms with Crippen LogP contribution in [0.2, 0.25) is 0 Å². The Balaban J connectivity index is 2.25. The molecule has 1 aromatic carbocycles. The van der Waals surface area contributed by atoms with Crippen molar-refractivity contribution in [3.63, 3.8) is 0 Å². The third-order valence-electron chi connectivity index (χ3n) is 3.32. The molecule has 0 aliphatic heterocycles. The maximum atomic E-state index is 12.6. The second-order valence-electron chi connectivity index (χ2n) is 5.48. The number of halogens is 3. The van der Waals surface area contributed by atoms with Crippen LogP contribution in [0.5, 0.6) is 0 Å². The van der Waals surface area contributed by atoms with E-state index in [4.69, 9.17) is 0 Å². The van der Waals surface area contributed by atoms with Crippen molar-refractivity contribution in [2.75, 3.05) is 0 Å². The summed E-state index contributed by atoms with van der Waals surface area (Å²) in [4.78, 5) is 12.3. The third kappa shape index (κ3) is 3.29. The molecule has 0 saturated carbocycles. The highest BCUT2D eigenvalue weighted by molar-refractivity contribution is 5.93. The van der Waals surface area contributed by atoms with Gasteiger partial charge in [0.05, 0.1) is 5.54 Å². The summed E-state index contributed by atoms with van der Waals surface area (Å²) >= 11 is 0. The maximum absolute atomic E-state index is 12.6. The average molecular weight is 311 g/mol. The van der Waals surface area contributed by atoms with Gasteiger partial charge >= 0.3 is 6.18 Å². The second kappa shape index (κ2) is 5.47. The quantitative estimate of drug-likeness (QED) is 0.947. The first-order valence-electron chi connectivity index (χ1n) is 6.60. The van der Waals surface area contributed by atoms with Crippen molar-refractivity contribution in [3.05, 3.63) is 53.3 Å². The molecule has 0 unspecified atom stereocenters. The number of carbonyl (C=O) groups excluding carboxylic acids is 1. The predicted octanol–water partition coefficient (Wildman–Crippen LogP) is 3.10. The fraction of sp³-hybridized carbons (Fsp3) is 0.333. The minimum atomic E-state index is -4.58. The molecule has 0 radical (unpaired) electrons. The van der Waals surface area contributed by atoms with Crippen LogP contribution in [0.1, 0.15) is 35.6 Å². The van der Waals surface area contributed by atoms with Gasteiger partial charge in [0, 0.05) is 13.1 Å². The van der Waals surface area contributed by atoms with Gasteiger partial charge in [-0.1, -0.05) is 30.3 Å². The zero-order valence-electron chi connectivity index (χ0n) is 12.4. The van der Waals surface area contributed by atoms with Crippen LogP contribution in [-0.4, -0.2) is 15.7 Å². The molecule has 1 heterocycles. The molecule has 1 aromatic heterocycles. The molecule has 4 nitrogen and oxygen atoms in total. The van der Waals surface area contributed by atoms with Crippen molar-refractivity contribution in [1.29, 1.82) is 0 Å². The number of aromatic nitrogens is 2. The number of benzene rings is 1. The second-order valence-corrected chi connectivity index (χ2v) is 5.48. The van der Waals surface area contributed by atoms with Crippen LogP contribution in [0.15, 0.2) is 36.4 Å². The summed E-state index contributed by atoms with van der Waals surface area (Å²) in [5.74, 6) is -0.612. The minimum absolute atomic E-state index is 0.142. The van der Waals surface area contributed by atoms with Crippen LogP contribution in [0, 0.1) is 0 Å². The Kier molecular flexibility index (Phi) is 4.00. The fourth-order valence-corrected chi connectivity index (χ4v) is 2.09. The summed E-state index contributed by atoms with van der Waals surface area (Å²) < 4.78 is 38.8. The molecule has 1 N–H and O–H groups in total. The summed E-state index contributed by atoms with van der Waals surface area (Å²) in [6.07, 6.45) is -4.58. The van der Waals surface area contributed by atoms with Gasteiger partial charge < -0.3 is 5.32 Å². The fourth-order valence-electron chi connectivity index (χ4n) is 2.09. The Bertz CT molecular complexity index is 675. The normalized spacial score (nSPS) is 12.3. The van der Waals surface area contributed by atoms with E-state index in [9.17, 15) is 18.0 Å². The first-order chi connectivity index (χ1) is 10.1.